The average molecular weight is 975 g/mol. The minimum Gasteiger partial charge on any atom is -0.491 e. The van der Waals surface area contributed by atoms with Crippen molar-refractivity contribution in [3.8, 4) is 23.0 Å². The van der Waals surface area contributed by atoms with Gasteiger partial charge in [-0.2, -0.15) is 0 Å². The number of rotatable bonds is 20. The van der Waals surface area contributed by atoms with E-state index in [1.165, 1.54) is 0 Å². The molecule has 5 heterocycles. The molecule has 0 fully saturated rings. The molecule has 5 aromatic rings. The van der Waals surface area contributed by atoms with Crippen molar-refractivity contribution in [3.63, 3.8) is 0 Å². The molecule has 69 heavy (non-hydrogen) atoms. The first kappa shape index (κ1) is 48.6. The Kier molecular flexibility index (Phi) is 16.5. The van der Waals surface area contributed by atoms with E-state index in [4.69, 9.17) is 52.9 Å². The van der Waals surface area contributed by atoms with E-state index in [0.717, 1.165) is 101 Å². The van der Waals surface area contributed by atoms with Crippen LogP contribution < -0.4 is 29.6 Å². The number of fused-ring (bicyclic) bond motifs is 5. The van der Waals surface area contributed by atoms with Crippen molar-refractivity contribution >= 4 is 39.4 Å². The van der Waals surface area contributed by atoms with Crippen LogP contribution >= 0.6 is 0 Å². The summed E-state index contributed by atoms with van der Waals surface area (Å²) in [5.74, 6) is 2.88. The van der Waals surface area contributed by atoms with Gasteiger partial charge in [0.05, 0.1) is 61.0 Å². The van der Waals surface area contributed by atoms with E-state index >= 15 is 0 Å². The third-order valence-corrected chi connectivity index (χ3v) is 11.6. The molecule has 0 spiro atoms. The second-order valence-corrected chi connectivity index (χ2v) is 16.1. The first-order valence-electron chi connectivity index (χ1n) is 22.6. The third-order valence-electron chi connectivity index (χ3n) is 11.6. The maximum absolute atomic E-state index is 6.14. The maximum atomic E-state index is 6.14. The maximum Gasteiger partial charge on any atom is 2.00 e. The molecule has 4 aromatic carbocycles. The van der Waals surface area contributed by atoms with Crippen molar-refractivity contribution in [3.05, 3.63) is 190 Å². The van der Waals surface area contributed by atoms with Gasteiger partial charge in [-0.1, -0.05) is 54.6 Å². The molecule has 9 rings (SSSR count). The van der Waals surface area contributed by atoms with Gasteiger partial charge in [-0.05, 0) is 113 Å². The van der Waals surface area contributed by atoms with E-state index in [0.29, 0.717) is 58.6 Å². The van der Waals surface area contributed by atoms with E-state index < -0.39 is 6.04 Å². The molecule has 0 amide bonds. The van der Waals surface area contributed by atoms with Gasteiger partial charge in [-0.15, -0.1) is 0 Å². The number of aromatic nitrogens is 1. The molecule has 8 bridgehead atoms. The molecule has 13 heteroatoms. The second-order valence-electron chi connectivity index (χ2n) is 16.1. The van der Waals surface area contributed by atoms with Gasteiger partial charge in [0.2, 0.25) is 0 Å². The minimum atomic E-state index is -0.415. The van der Waals surface area contributed by atoms with Crippen LogP contribution in [-0.4, -0.2) is 109 Å². The monoisotopic (exact) mass is 973 g/mol. The summed E-state index contributed by atoms with van der Waals surface area (Å²) in [4.78, 5) is 20.3. The Bertz CT molecular complexity index is 3050. The number of benzene rings is 4. The average Bonchev–Trinajstić information content (AvgIpc) is 4.21. The molecule has 1 aromatic heterocycles. The van der Waals surface area contributed by atoms with Crippen molar-refractivity contribution in [2.45, 2.75) is 6.04 Å². The Morgan fingerprint density at radius 3 is 1.29 bits per heavy atom. The zero-order valence-electron chi connectivity index (χ0n) is 39.0. The standard InChI is InChI=1S/C56H54N4O8.Cu/c1-61-25-29-65-41-13-5-9-37(33-41)53-45-17-19-47(57-45)54(38-10-6-14-42(34-38)66-30-26-62-2)49-21-23-51(59-49)56(40-12-8-16-44(36-40)68-32-28-64-4)52-24-22-50(60-52)55(48-20-18-46(53)58-48)39-11-7-15-43(35-39)67-31-27-63-3;/h5-24,33-36,45,60H,25-32H2,1-4H3;/q;+2/b53-46-,54-49-,55-50-,56-52-;. The topological polar surface area (TPSA) is 127 Å². The fourth-order valence-electron chi connectivity index (χ4n) is 8.43. The van der Waals surface area contributed by atoms with Crippen LogP contribution in [0.4, 0.5) is 0 Å². The van der Waals surface area contributed by atoms with Crippen LogP contribution in [0.3, 0.4) is 0 Å². The van der Waals surface area contributed by atoms with Crippen LogP contribution in [-0.2, 0) is 36.0 Å². The predicted molar refractivity (Wildman–Crippen MR) is 268 cm³/mol. The molecule has 1 N–H and O–H groups in total. The van der Waals surface area contributed by atoms with Crippen molar-refractivity contribution in [2.24, 2.45) is 15.0 Å². The van der Waals surface area contributed by atoms with Gasteiger partial charge in [0.15, 0.2) is 0 Å². The van der Waals surface area contributed by atoms with Crippen LogP contribution in [0.25, 0.3) is 22.3 Å². The van der Waals surface area contributed by atoms with Crippen LogP contribution in [0.15, 0.2) is 172 Å². The van der Waals surface area contributed by atoms with Crippen LogP contribution in [0.1, 0.15) is 22.3 Å². The summed E-state index contributed by atoms with van der Waals surface area (Å²) in [6.07, 6.45) is 12.5. The van der Waals surface area contributed by atoms with Gasteiger partial charge in [0, 0.05) is 61.4 Å². The van der Waals surface area contributed by atoms with Gasteiger partial charge in [-0.25, -0.2) is 9.98 Å². The van der Waals surface area contributed by atoms with Crippen LogP contribution in [0, 0.1) is 0 Å². The van der Waals surface area contributed by atoms with E-state index in [-0.39, 0.29) is 17.1 Å². The predicted octanol–water partition coefficient (Wildman–Crippen LogP) is 7.75. The summed E-state index contributed by atoms with van der Waals surface area (Å²) in [6.45, 7) is 3.52. The molecular formula is C56H54CuN4O8+2. The molecule has 0 aliphatic carbocycles. The van der Waals surface area contributed by atoms with Crippen molar-refractivity contribution in [2.75, 3.05) is 81.3 Å². The summed E-state index contributed by atoms with van der Waals surface area (Å²) in [5.41, 5.74) is 11.1. The van der Waals surface area contributed by atoms with E-state index in [1.807, 2.05) is 72.8 Å². The Labute approximate surface area is 412 Å². The fourth-order valence-corrected chi connectivity index (χ4v) is 8.43. The summed E-state index contributed by atoms with van der Waals surface area (Å²) in [6, 6.07) is 36.1. The number of H-pyrrole nitrogens is 1. The third kappa shape index (κ3) is 11.4. The minimum absolute atomic E-state index is 0. The number of allylic oxidation sites excluding steroid dienone is 6. The van der Waals surface area contributed by atoms with E-state index in [1.54, 1.807) is 28.4 Å². The second kappa shape index (κ2) is 23.5. The number of nitrogens with one attached hydrogen (secondary N) is 1. The SMILES string of the molecule is COCCOc1cccc(/C2=C3\C=CC(=N3)/C(c3cccc(OCCOC)c3)=c3/cc/c([nH]3)=C(\c3cccc(OCCOC)c3)C3=N/C(=C(/c4cccc(OCCOC)c4)C4C=CC2=N4)C=C3)c1.[Cu+2]. The van der Waals surface area contributed by atoms with Gasteiger partial charge < -0.3 is 42.9 Å². The zero-order valence-corrected chi connectivity index (χ0v) is 39.9. The number of aromatic amines is 1. The van der Waals surface area contributed by atoms with Crippen molar-refractivity contribution in [1.82, 2.24) is 4.98 Å². The largest absolute Gasteiger partial charge is 2.00 e. The normalized spacial score (nSPS) is 19.5. The molecule has 4 aliphatic rings. The van der Waals surface area contributed by atoms with Gasteiger partial charge in [0.25, 0.3) is 0 Å². The number of methoxy groups -OCH3 is 4. The molecule has 355 valence electrons. The number of nitrogens with zero attached hydrogens (tertiary/aromatic N) is 3. The molecule has 1 unspecified atom stereocenters. The Morgan fingerprint density at radius 1 is 0.420 bits per heavy atom. The molecule has 0 saturated heterocycles. The molecular weight excluding hydrogens is 920 g/mol. The zero-order chi connectivity index (χ0) is 46.7. The summed E-state index contributed by atoms with van der Waals surface area (Å²) in [7, 11) is 6.66. The van der Waals surface area contributed by atoms with Crippen LogP contribution in [0.2, 0.25) is 0 Å². The Balaban J connectivity index is 0.00000642. The van der Waals surface area contributed by atoms with Gasteiger partial charge in [0.1, 0.15) is 49.4 Å². The smallest absolute Gasteiger partial charge is 0.491 e. The quantitative estimate of drug-likeness (QED) is 0.0621. The number of aliphatic imine (C=N–C) groups is 3. The first-order valence-corrected chi connectivity index (χ1v) is 22.6. The van der Waals surface area contributed by atoms with Crippen molar-refractivity contribution < 1.29 is 55.0 Å². The molecule has 0 saturated carbocycles. The van der Waals surface area contributed by atoms with E-state index in [9.17, 15) is 0 Å². The van der Waals surface area contributed by atoms with Gasteiger partial charge in [-0.3, -0.25) is 4.99 Å². The van der Waals surface area contributed by atoms with Gasteiger partial charge >= 0.3 is 17.1 Å². The van der Waals surface area contributed by atoms with E-state index in [2.05, 4.69) is 77.8 Å². The summed E-state index contributed by atoms with van der Waals surface area (Å²) >= 11 is 0. The fraction of sp³-hybridized carbons (Fsp3) is 0.232. The van der Waals surface area contributed by atoms with Crippen molar-refractivity contribution in [1.29, 1.82) is 0 Å². The summed E-state index contributed by atoms with van der Waals surface area (Å²) < 4.78 is 45.7. The molecule has 1 atom stereocenters. The molecule has 4 aliphatic heterocycles. The Hall–Kier alpha value is -6.83. The Morgan fingerprint density at radius 2 is 0.826 bits per heavy atom. The first-order chi connectivity index (χ1) is 33.5. The molecule has 1 radical (unpaired) electrons. The number of hydrogen-bond acceptors (Lipinski definition) is 11. The van der Waals surface area contributed by atoms with Crippen LogP contribution in [0.5, 0.6) is 23.0 Å². The summed E-state index contributed by atoms with van der Waals surface area (Å²) in [5, 5.41) is 1.71. The molecule has 12 nitrogen and oxygen atoms in total. The number of ether oxygens (including phenoxy) is 8. The number of hydrogen-bond donors (Lipinski definition) is 1.